The van der Waals surface area contributed by atoms with Crippen LogP contribution >= 0.6 is 15.9 Å². The average molecular weight is 302 g/mol. The Hall–Kier alpha value is -0.0500. The Labute approximate surface area is 113 Å². The molecule has 2 rings (SSSR count). The highest BCUT2D eigenvalue weighted by Crippen LogP contribution is 2.48. The van der Waals surface area contributed by atoms with Gasteiger partial charge in [0, 0.05) is 17.8 Å². The molecule has 98 valence electrons. The van der Waals surface area contributed by atoms with E-state index in [0.29, 0.717) is 17.7 Å². The van der Waals surface area contributed by atoms with E-state index >= 15 is 0 Å². The number of hydrogen-bond acceptors (Lipinski definition) is 1. The van der Waals surface area contributed by atoms with E-state index in [1.54, 1.807) is 0 Å². The molecule has 0 aromatic carbocycles. The van der Waals surface area contributed by atoms with Crippen molar-refractivity contribution in [1.29, 1.82) is 0 Å². The molecule has 1 amide bonds. The molecule has 2 saturated carbocycles. The molecule has 2 fully saturated rings. The van der Waals surface area contributed by atoms with E-state index in [-0.39, 0.29) is 5.41 Å². The van der Waals surface area contributed by atoms with Crippen LogP contribution in [0.1, 0.15) is 46.0 Å². The summed E-state index contributed by atoms with van der Waals surface area (Å²) in [5.41, 5.74) is 0.205. The second-order valence-corrected chi connectivity index (χ2v) is 7.40. The Morgan fingerprint density at radius 1 is 1.35 bits per heavy atom. The molecule has 0 aliphatic heterocycles. The van der Waals surface area contributed by atoms with Crippen molar-refractivity contribution in [2.24, 2.45) is 23.2 Å². The number of nitrogens with one attached hydrogen (secondary N) is 1. The summed E-state index contributed by atoms with van der Waals surface area (Å²) in [6, 6.07) is 0. The fraction of sp³-hybridized carbons (Fsp3) is 0.929. The number of alkyl halides is 1. The highest BCUT2D eigenvalue weighted by molar-refractivity contribution is 9.09. The van der Waals surface area contributed by atoms with Crippen molar-refractivity contribution in [2.45, 2.75) is 46.0 Å². The number of fused-ring (bicyclic) bond motifs is 2. The van der Waals surface area contributed by atoms with Crippen molar-refractivity contribution in [3.63, 3.8) is 0 Å². The van der Waals surface area contributed by atoms with Gasteiger partial charge in [0.05, 0.1) is 0 Å². The summed E-state index contributed by atoms with van der Waals surface area (Å²) in [6.07, 6.45) is 6.21. The fourth-order valence-corrected chi connectivity index (χ4v) is 4.44. The molecule has 0 aromatic heterocycles. The number of hydrogen-bond donors (Lipinski definition) is 1. The monoisotopic (exact) mass is 301 g/mol. The molecule has 3 heteroatoms. The summed E-state index contributed by atoms with van der Waals surface area (Å²) in [6.45, 7) is 5.25. The van der Waals surface area contributed by atoms with Crippen LogP contribution in [-0.2, 0) is 4.79 Å². The molecule has 17 heavy (non-hydrogen) atoms. The molecule has 0 radical (unpaired) electrons. The molecule has 3 atom stereocenters. The van der Waals surface area contributed by atoms with Crippen molar-refractivity contribution in [3.8, 4) is 0 Å². The highest BCUT2D eigenvalue weighted by atomic mass is 79.9. The first-order valence-electron chi connectivity index (χ1n) is 6.85. The standard InChI is InChI=1S/C14H24BrNO/c1-14(2,5-6-15)9-16-13(17)12-8-10-3-4-11(12)7-10/h10-12H,3-9H2,1-2H3,(H,16,17). The Morgan fingerprint density at radius 3 is 2.65 bits per heavy atom. The Balaban J connectivity index is 1.78. The van der Waals surface area contributed by atoms with Crippen molar-refractivity contribution in [2.75, 3.05) is 11.9 Å². The minimum atomic E-state index is 0.205. The van der Waals surface area contributed by atoms with E-state index in [4.69, 9.17) is 0 Å². The molecular formula is C14H24BrNO. The first kappa shape index (κ1) is 13.4. The lowest BCUT2D eigenvalue weighted by Crippen LogP contribution is -2.39. The van der Waals surface area contributed by atoms with Crippen LogP contribution in [0.5, 0.6) is 0 Å². The third kappa shape index (κ3) is 3.24. The first-order chi connectivity index (χ1) is 8.02. The van der Waals surface area contributed by atoms with Crippen molar-refractivity contribution in [1.82, 2.24) is 5.32 Å². The third-order valence-corrected chi connectivity index (χ3v) is 4.98. The largest absolute Gasteiger partial charge is 0.355 e. The topological polar surface area (TPSA) is 29.1 Å². The van der Waals surface area contributed by atoms with Gasteiger partial charge in [0.25, 0.3) is 0 Å². The lowest BCUT2D eigenvalue weighted by Gasteiger charge is -2.27. The summed E-state index contributed by atoms with van der Waals surface area (Å²) >= 11 is 3.47. The summed E-state index contributed by atoms with van der Waals surface area (Å²) in [5, 5.41) is 4.18. The maximum Gasteiger partial charge on any atom is 0.223 e. The lowest BCUT2D eigenvalue weighted by molar-refractivity contribution is -0.127. The van der Waals surface area contributed by atoms with Gasteiger partial charge < -0.3 is 5.32 Å². The molecule has 2 bridgehead atoms. The number of carbonyl (C=O) groups excluding carboxylic acids is 1. The van der Waals surface area contributed by atoms with Gasteiger partial charge in [0.2, 0.25) is 5.91 Å². The van der Waals surface area contributed by atoms with E-state index in [2.05, 4.69) is 35.1 Å². The third-order valence-electron chi connectivity index (χ3n) is 4.59. The predicted molar refractivity (Wildman–Crippen MR) is 74.1 cm³/mol. The van der Waals surface area contributed by atoms with E-state index in [0.717, 1.165) is 30.6 Å². The summed E-state index contributed by atoms with van der Waals surface area (Å²) in [7, 11) is 0. The van der Waals surface area contributed by atoms with E-state index < -0.39 is 0 Å². The van der Waals surface area contributed by atoms with Gasteiger partial charge in [-0.05, 0) is 42.9 Å². The van der Waals surface area contributed by atoms with Crippen LogP contribution in [-0.4, -0.2) is 17.8 Å². The number of amides is 1. The maximum absolute atomic E-state index is 12.2. The van der Waals surface area contributed by atoms with Gasteiger partial charge in [0.1, 0.15) is 0 Å². The van der Waals surface area contributed by atoms with Gasteiger partial charge in [-0.2, -0.15) is 0 Å². The van der Waals surface area contributed by atoms with E-state index in [1.807, 2.05) is 0 Å². The molecule has 2 nitrogen and oxygen atoms in total. The average Bonchev–Trinajstić information content (AvgIpc) is 2.87. The van der Waals surface area contributed by atoms with Crippen molar-refractivity contribution in [3.05, 3.63) is 0 Å². The summed E-state index contributed by atoms with van der Waals surface area (Å²) < 4.78 is 0. The molecule has 0 aromatic rings. The quantitative estimate of drug-likeness (QED) is 0.775. The second-order valence-electron chi connectivity index (χ2n) is 6.60. The highest BCUT2D eigenvalue weighted by Gasteiger charge is 2.43. The minimum absolute atomic E-state index is 0.205. The number of halogens is 1. The van der Waals surface area contributed by atoms with Crippen LogP contribution in [0.4, 0.5) is 0 Å². The predicted octanol–water partition coefficient (Wildman–Crippen LogP) is 3.35. The van der Waals surface area contributed by atoms with Crippen LogP contribution < -0.4 is 5.32 Å². The Bertz CT molecular complexity index is 290. The van der Waals surface area contributed by atoms with Gasteiger partial charge in [0.15, 0.2) is 0 Å². The SMILES string of the molecule is CC(C)(CCBr)CNC(=O)C1CC2CCC1C2. The minimum Gasteiger partial charge on any atom is -0.355 e. The van der Waals surface area contributed by atoms with Gasteiger partial charge in [-0.15, -0.1) is 0 Å². The Kier molecular flexibility index (Phi) is 4.17. The first-order valence-corrected chi connectivity index (χ1v) is 7.98. The van der Waals surface area contributed by atoms with E-state index in [1.165, 1.54) is 19.3 Å². The molecule has 2 aliphatic carbocycles. The smallest absolute Gasteiger partial charge is 0.223 e. The fourth-order valence-electron chi connectivity index (χ4n) is 3.37. The molecule has 1 N–H and O–H groups in total. The van der Waals surface area contributed by atoms with Crippen LogP contribution in [0.15, 0.2) is 0 Å². The second kappa shape index (κ2) is 5.29. The molecule has 0 heterocycles. The van der Waals surface area contributed by atoms with Crippen LogP contribution in [0.25, 0.3) is 0 Å². The summed E-state index contributed by atoms with van der Waals surface area (Å²) in [5.74, 6) is 2.19. The molecule has 2 aliphatic rings. The number of carbonyl (C=O) groups is 1. The number of rotatable bonds is 5. The lowest BCUT2D eigenvalue weighted by atomic mass is 9.87. The summed E-state index contributed by atoms with van der Waals surface area (Å²) in [4.78, 5) is 12.2. The van der Waals surface area contributed by atoms with Crippen LogP contribution in [0, 0.1) is 23.2 Å². The maximum atomic E-state index is 12.2. The van der Waals surface area contributed by atoms with Crippen LogP contribution in [0.3, 0.4) is 0 Å². The van der Waals surface area contributed by atoms with Gasteiger partial charge in [-0.1, -0.05) is 36.2 Å². The van der Waals surface area contributed by atoms with Crippen molar-refractivity contribution < 1.29 is 4.79 Å². The van der Waals surface area contributed by atoms with Gasteiger partial charge in [-0.3, -0.25) is 4.79 Å². The zero-order valence-corrected chi connectivity index (χ0v) is 12.6. The van der Waals surface area contributed by atoms with Gasteiger partial charge in [-0.25, -0.2) is 0 Å². The van der Waals surface area contributed by atoms with Crippen molar-refractivity contribution >= 4 is 21.8 Å². The zero-order valence-electron chi connectivity index (χ0n) is 11.0. The zero-order chi connectivity index (χ0) is 12.5. The van der Waals surface area contributed by atoms with Gasteiger partial charge >= 0.3 is 0 Å². The van der Waals surface area contributed by atoms with E-state index in [9.17, 15) is 4.79 Å². The normalized spacial score (nSPS) is 31.8. The Morgan fingerprint density at radius 2 is 2.12 bits per heavy atom. The molecule has 0 saturated heterocycles. The van der Waals surface area contributed by atoms with Crippen LogP contribution in [0.2, 0.25) is 0 Å². The molecule has 3 unspecified atom stereocenters. The molecule has 0 spiro atoms. The molecular weight excluding hydrogens is 278 g/mol.